The lowest BCUT2D eigenvalue weighted by Crippen LogP contribution is -2.33. The molecule has 1 aromatic heterocycles. The fraction of sp³-hybridized carbons (Fsp3) is 0.444. The van der Waals surface area contributed by atoms with Gasteiger partial charge in [0, 0.05) is 13.1 Å². The number of amides is 2. The van der Waals surface area contributed by atoms with E-state index >= 15 is 0 Å². The van der Waals surface area contributed by atoms with E-state index in [0.29, 0.717) is 11.7 Å². The number of benzene rings is 1. The highest BCUT2D eigenvalue weighted by molar-refractivity contribution is 7.99. The van der Waals surface area contributed by atoms with Gasteiger partial charge in [-0.05, 0) is 31.9 Å². The Kier molecular flexibility index (Phi) is 5.02. The quantitative estimate of drug-likeness (QED) is 0.728. The summed E-state index contributed by atoms with van der Waals surface area (Å²) in [7, 11) is 0. The third-order valence-corrected chi connectivity index (χ3v) is 5.60. The summed E-state index contributed by atoms with van der Waals surface area (Å²) in [4.78, 5) is 27.2. The van der Waals surface area contributed by atoms with Gasteiger partial charge < -0.3 is 9.64 Å². The minimum atomic E-state index is -0.571. The number of anilines is 1. The Morgan fingerprint density at radius 3 is 2.56 bits per heavy atom. The van der Waals surface area contributed by atoms with Gasteiger partial charge in [0.25, 0.3) is 0 Å². The van der Waals surface area contributed by atoms with Crippen LogP contribution < -0.4 is 4.90 Å². The molecule has 0 bridgehead atoms. The number of thioether (sulfide) groups is 1. The molecule has 2 aliphatic heterocycles. The standard InChI is InChI=1S/C18H21N5O3S/c1-13-4-6-14(7-5-13)23-16(21-8-2-3-9-21)19-20-17(23)27-12-15(24)22-10-11-26-18(22)25/h4-7H,2-3,8-12H2,1H3. The van der Waals surface area contributed by atoms with E-state index in [1.165, 1.54) is 17.3 Å². The molecule has 142 valence electrons. The van der Waals surface area contributed by atoms with Gasteiger partial charge in [0.2, 0.25) is 11.9 Å². The molecule has 2 saturated heterocycles. The molecular weight excluding hydrogens is 366 g/mol. The Bertz CT molecular complexity index is 845. The molecule has 4 rings (SSSR count). The van der Waals surface area contributed by atoms with Gasteiger partial charge >= 0.3 is 6.09 Å². The minimum Gasteiger partial charge on any atom is -0.447 e. The number of hydrogen-bond donors (Lipinski definition) is 0. The van der Waals surface area contributed by atoms with Gasteiger partial charge in [0.1, 0.15) is 6.61 Å². The van der Waals surface area contributed by atoms with Crippen molar-refractivity contribution in [1.29, 1.82) is 0 Å². The van der Waals surface area contributed by atoms with Gasteiger partial charge in [-0.15, -0.1) is 10.2 Å². The summed E-state index contributed by atoms with van der Waals surface area (Å²) in [6.45, 7) is 4.51. The Hall–Kier alpha value is -2.55. The maximum atomic E-state index is 12.3. The van der Waals surface area contributed by atoms with Gasteiger partial charge in [-0.2, -0.15) is 0 Å². The van der Waals surface area contributed by atoms with Crippen LogP contribution in [0.3, 0.4) is 0 Å². The molecule has 9 heteroatoms. The fourth-order valence-electron chi connectivity index (χ4n) is 3.22. The molecule has 0 atom stereocenters. The summed E-state index contributed by atoms with van der Waals surface area (Å²) < 4.78 is 6.82. The summed E-state index contributed by atoms with van der Waals surface area (Å²) in [5.41, 5.74) is 2.13. The fourth-order valence-corrected chi connectivity index (χ4v) is 4.04. The number of aryl methyl sites for hydroxylation is 1. The van der Waals surface area contributed by atoms with E-state index in [0.717, 1.165) is 42.5 Å². The lowest BCUT2D eigenvalue weighted by atomic mass is 10.2. The lowest BCUT2D eigenvalue weighted by Gasteiger charge is -2.18. The SMILES string of the molecule is Cc1ccc(-n2c(SCC(=O)N3CCOC3=O)nnc2N2CCCC2)cc1. The van der Waals surface area contributed by atoms with Crippen molar-refractivity contribution in [2.75, 3.05) is 36.9 Å². The molecule has 0 radical (unpaired) electrons. The van der Waals surface area contributed by atoms with E-state index in [-0.39, 0.29) is 18.3 Å². The maximum absolute atomic E-state index is 12.3. The van der Waals surface area contributed by atoms with Crippen molar-refractivity contribution < 1.29 is 14.3 Å². The first-order valence-electron chi connectivity index (χ1n) is 9.01. The van der Waals surface area contributed by atoms with E-state index in [4.69, 9.17) is 4.74 Å². The molecule has 27 heavy (non-hydrogen) atoms. The van der Waals surface area contributed by atoms with Crippen LogP contribution in [0.15, 0.2) is 29.4 Å². The molecule has 8 nitrogen and oxygen atoms in total. The number of carbonyl (C=O) groups excluding carboxylic acids is 2. The van der Waals surface area contributed by atoms with Crippen LogP contribution >= 0.6 is 11.8 Å². The normalized spacial score (nSPS) is 16.9. The highest BCUT2D eigenvalue weighted by Crippen LogP contribution is 2.29. The molecule has 2 fully saturated rings. The topological polar surface area (TPSA) is 80.6 Å². The summed E-state index contributed by atoms with van der Waals surface area (Å²) in [5, 5.41) is 9.35. The molecule has 0 N–H and O–H groups in total. The highest BCUT2D eigenvalue weighted by Gasteiger charge is 2.29. The number of aromatic nitrogens is 3. The Morgan fingerprint density at radius 2 is 1.89 bits per heavy atom. The number of cyclic esters (lactones) is 1. The number of nitrogens with zero attached hydrogens (tertiary/aromatic N) is 5. The van der Waals surface area contributed by atoms with Crippen LogP contribution in [-0.4, -0.2) is 63.7 Å². The van der Waals surface area contributed by atoms with Crippen LogP contribution in [0.1, 0.15) is 18.4 Å². The second kappa shape index (κ2) is 7.59. The van der Waals surface area contributed by atoms with Crippen molar-refractivity contribution in [3.8, 4) is 5.69 Å². The van der Waals surface area contributed by atoms with Gasteiger partial charge in [-0.25, -0.2) is 9.69 Å². The predicted octanol–water partition coefficient (Wildman–Crippen LogP) is 2.25. The minimum absolute atomic E-state index is 0.110. The zero-order valence-electron chi connectivity index (χ0n) is 15.1. The van der Waals surface area contributed by atoms with Gasteiger partial charge in [-0.1, -0.05) is 29.5 Å². The second-order valence-electron chi connectivity index (χ2n) is 6.60. The Morgan fingerprint density at radius 1 is 1.15 bits per heavy atom. The van der Waals surface area contributed by atoms with Crippen LogP contribution in [0.2, 0.25) is 0 Å². The lowest BCUT2D eigenvalue weighted by molar-refractivity contribution is -0.125. The largest absolute Gasteiger partial charge is 0.447 e. The van der Waals surface area contributed by atoms with Crippen LogP contribution in [0.5, 0.6) is 0 Å². The zero-order chi connectivity index (χ0) is 18.8. The van der Waals surface area contributed by atoms with Crippen LogP contribution in [0, 0.1) is 6.92 Å². The summed E-state index contributed by atoms with van der Waals surface area (Å²) in [6.07, 6.45) is 1.70. The van der Waals surface area contributed by atoms with E-state index < -0.39 is 6.09 Å². The Balaban J connectivity index is 1.59. The summed E-state index contributed by atoms with van der Waals surface area (Å²) in [6, 6.07) is 8.15. The third-order valence-electron chi connectivity index (χ3n) is 4.68. The second-order valence-corrected chi connectivity index (χ2v) is 7.54. The first kappa shape index (κ1) is 17.8. The number of ether oxygens (including phenoxy) is 1. The van der Waals surface area contributed by atoms with E-state index in [2.05, 4.69) is 15.1 Å². The number of imide groups is 1. The number of carbonyl (C=O) groups is 2. The van der Waals surface area contributed by atoms with E-state index in [9.17, 15) is 9.59 Å². The molecule has 1 aromatic carbocycles. The molecular formula is C18H21N5O3S. The highest BCUT2D eigenvalue weighted by atomic mass is 32.2. The summed E-state index contributed by atoms with van der Waals surface area (Å²) >= 11 is 1.29. The first-order valence-corrected chi connectivity index (χ1v) is 9.99. The van der Waals surface area contributed by atoms with Crippen LogP contribution in [-0.2, 0) is 9.53 Å². The van der Waals surface area contributed by atoms with Crippen molar-refractivity contribution in [3.05, 3.63) is 29.8 Å². The molecule has 0 aliphatic carbocycles. The van der Waals surface area contributed by atoms with Crippen LogP contribution in [0.4, 0.5) is 10.7 Å². The predicted molar refractivity (Wildman–Crippen MR) is 101 cm³/mol. The number of rotatable bonds is 5. The van der Waals surface area contributed by atoms with Gasteiger partial charge in [0.15, 0.2) is 5.16 Å². The van der Waals surface area contributed by atoms with Gasteiger partial charge in [0.05, 0.1) is 18.0 Å². The average molecular weight is 387 g/mol. The molecule has 0 unspecified atom stereocenters. The molecule has 0 spiro atoms. The summed E-state index contributed by atoms with van der Waals surface area (Å²) in [5.74, 6) is 0.634. The molecule has 2 aliphatic rings. The average Bonchev–Trinajstić information content (AvgIpc) is 3.40. The van der Waals surface area contributed by atoms with Crippen molar-refractivity contribution in [1.82, 2.24) is 19.7 Å². The molecule has 3 heterocycles. The van der Waals surface area contributed by atoms with Crippen molar-refractivity contribution in [2.45, 2.75) is 24.9 Å². The zero-order valence-corrected chi connectivity index (χ0v) is 15.9. The van der Waals surface area contributed by atoms with Gasteiger partial charge in [-0.3, -0.25) is 9.36 Å². The van der Waals surface area contributed by atoms with E-state index in [1.54, 1.807) is 0 Å². The van der Waals surface area contributed by atoms with Crippen molar-refractivity contribution in [2.24, 2.45) is 0 Å². The molecule has 2 amide bonds. The third kappa shape index (κ3) is 3.64. The Labute approximate surface area is 161 Å². The smallest absolute Gasteiger partial charge is 0.416 e. The monoisotopic (exact) mass is 387 g/mol. The molecule has 2 aromatic rings. The van der Waals surface area contributed by atoms with Crippen LogP contribution in [0.25, 0.3) is 5.69 Å². The molecule has 0 saturated carbocycles. The van der Waals surface area contributed by atoms with Crippen molar-refractivity contribution >= 4 is 29.7 Å². The first-order chi connectivity index (χ1) is 13.1. The van der Waals surface area contributed by atoms with Crippen molar-refractivity contribution in [3.63, 3.8) is 0 Å². The maximum Gasteiger partial charge on any atom is 0.416 e. The van der Waals surface area contributed by atoms with E-state index in [1.807, 2.05) is 35.8 Å². The number of hydrogen-bond acceptors (Lipinski definition) is 7.